The lowest BCUT2D eigenvalue weighted by atomic mass is 10.0. The molecule has 1 aromatic rings. The first-order valence-electron chi connectivity index (χ1n) is 7.64. The Morgan fingerprint density at radius 2 is 2.08 bits per heavy atom. The number of hydrogen-bond acceptors (Lipinski definition) is 5. The number of likely N-dealkylation sites (tertiary alicyclic amines) is 1. The molecule has 0 aliphatic carbocycles. The van der Waals surface area contributed by atoms with Crippen LogP contribution >= 0.6 is 0 Å². The molecule has 1 saturated heterocycles. The van der Waals surface area contributed by atoms with Gasteiger partial charge in [-0.1, -0.05) is 0 Å². The Morgan fingerprint density at radius 3 is 2.71 bits per heavy atom. The van der Waals surface area contributed by atoms with Gasteiger partial charge in [0.15, 0.2) is 0 Å². The van der Waals surface area contributed by atoms with E-state index in [1.165, 1.54) is 11.8 Å². The molecular formula is C14H19F3N4O3. The van der Waals surface area contributed by atoms with Crippen LogP contribution in [0.1, 0.15) is 50.9 Å². The van der Waals surface area contributed by atoms with E-state index in [2.05, 4.69) is 15.5 Å². The molecule has 0 bridgehead atoms. The minimum Gasteiger partial charge on any atom is -0.423 e. The van der Waals surface area contributed by atoms with Gasteiger partial charge in [0.2, 0.25) is 23.6 Å². The second-order valence-corrected chi connectivity index (χ2v) is 5.79. The molecule has 24 heavy (non-hydrogen) atoms. The van der Waals surface area contributed by atoms with Crippen LogP contribution in [0.2, 0.25) is 0 Å². The molecule has 0 aromatic carbocycles. The zero-order valence-electron chi connectivity index (χ0n) is 13.4. The molecule has 1 fully saturated rings. The third kappa shape index (κ3) is 4.68. The van der Waals surface area contributed by atoms with Gasteiger partial charge in [-0.25, -0.2) is 0 Å². The van der Waals surface area contributed by atoms with Crippen molar-refractivity contribution >= 4 is 11.8 Å². The number of aromatic nitrogens is 2. The van der Waals surface area contributed by atoms with Gasteiger partial charge in [0.05, 0.1) is 0 Å². The van der Waals surface area contributed by atoms with Crippen molar-refractivity contribution in [2.45, 2.75) is 57.8 Å². The van der Waals surface area contributed by atoms with E-state index >= 15 is 0 Å². The summed E-state index contributed by atoms with van der Waals surface area (Å²) < 4.78 is 42.3. The Kier molecular flexibility index (Phi) is 5.45. The summed E-state index contributed by atoms with van der Waals surface area (Å²) in [6, 6.07) is -1.31. The van der Waals surface area contributed by atoms with Gasteiger partial charge < -0.3 is 14.6 Å². The van der Waals surface area contributed by atoms with E-state index in [1.807, 2.05) is 0 Å². The number of carbonyl (C=O) groups is 2. The average molecular weight is 348 g/mol. The molecule has 0 spiro atoms. The summed E-state index contributed by atoms with van der Waals surface area (Å²) in [5, 5.41) is 9.60. The summed E-state index contributed by atoms with van der Waals surface area (Å²) in [5.41, 5.74) is 0. The minimum absolute atomic E-state index is 0.00248. The zero-order valence-corrected chi connectivity index (χ0v) is 13.4. The van der Waals surface area contributed by atoms with Crippen LogP contribution in [-0.4, -0.2) is 45.7 Å². The fraction of sp³-hybridized carbons (Fsp3) is 0.714. The maximum Gasteiger partial charge on any atom is 0.397 e. The van der Waals surface area contributed by atoms with Crippen LogP contribution in [0.25, 0.3) is 0 Å². The lowest BCUT2D eigenvalue weighted by Gasteiger charge is -2.35. The van der Waals surface area contributed by atoms with E-state index in [9.17, 15) is 22.8 Å². The summed E-state index contributed by atoms with van der Waals surface area (Å²) in [6.45, 7) is 3.28. The smallest absolute Gasteiger partial charge is 0.397 e. The van der Waals surface area contributed by atoms with Crippen molar-refractivity contribution in [2.75, 3.05) is 6.54 Å². The SMILES string of the molecule is CC(=O)N[C@H](C)C(=O)N1CCCC[C@@H]1c1nnc(CC(F)(F)F)o1. The average Bonchev–Trinajstić information content (AvgIpc) is 2.92. The van der Waals surface area contributed by atoms with E-state index in [-0.39, 0.29) is 17.7 Å². The first kappa shape index (κ1) is 18.2. The molecule has 2 rings (SSSR count). The fourth-order valence-electron chi connectivity index (χ4n) is 2.71. The van der Waals surface area contributed by atoms with Gasteiger partial charge in [0.25, 0.3) is 0 Å². The molecule has 10 heteroatoms. The van der Waals surface area contributed by atoms with Crippen LogP contribution in [-0.2, 0) is 16.0 Å². The maximum absolute atomic E-state index is 12.5. The largest absolute Gasteiger partial charge is 0.423 e. The van der Waals surface area contributed by atoms with Crippen molar-refractivity contribution < 1.29 is 27.2 Å². The van der Waals surface area contributed by atoms with E-state index in [0.29, 0.717) is 13.0 Å². The van der Waals surface area contributed by atoms with Crippen molar-refractivity contribution in [1.29, 1.82) is 0 Å². The number of alkyl halides is 3. The van der Waals surface area contributed by atoms with Gasteiger partial charge in [-0.15, -0.1) is 10.2 Å². The van der Waals surface area contributed by atoms with Crippen LogP contribution in [0.3, 0.4) is 0 Å². The molecule has 2 atom stereocenters. The zero-order chi connectivity index (χ0) is 17.9. The van der Waals surface area contributed by atoms with Gasteiger partial charge in [-0.3, -0.25) is 9.59 Å². The van der Waals surface area contributed by atoms with Gasteiger partial charge in [0, 0.05) is 13.5 Å². The number of rotatable bonds is 4. The molecule has 7 nitrogen and oxygen atoms in total. The van der Waals surface area contributed by atoms with E-state index in [1.54, 1.807) is 6.92 Å². The van der Waals surface area contributed by atoms with Crippen molar-refractivity contribution in [1.82, 2.24) is 20.4 Å². The minimum atomic E-state index is -4.44. The molecule has 0 unspecified atom stereocenters. The Balaban J connectivity index is 2.14. The Hall–Kier alpha value is -2.13. The summed E-state index contributed by atoms with van der Waals surface area (Å²) in [6.07, 6.45) is -3.67. The van der Waals surface area contributed by atoms with Crippen molar-refractivity contribution in [3.63, 3.8) is 0 Å². The highest BCUT2D eigenvalue weighted by Crippen LogP contribution is 2.31. The quantitative estimate of drug-likeness (QED) is 0.896. The number of nitrogens with zero attached hydrogens (tertiary/aromatic N) is 3. The Labute approximate surface area is 136 Å². The lowest BCUT2D eigenvalue weighted by molar-refractivity contribution is -0.140. The number of piperidine rings is 1. The van der Waals surface area contributed by atoms with Crippen LogP contribution in [0.5, 0.6) is 0 Å². The normalized spacial score (nSPS) is 19.9. The Morgan fingerprint density at radius 1 is 1.38 bits per heavy atom. The van der Waals surface area contributed by atoms with E-state index < -0.39 is 30.6 Å². The number of hydrogen-bond donors (Lipinski definition) is 1. The van der Waals surface area contributed by atoms with Crippen molar-refractivity contribution in [3.05, 3.63) is 11.8 Å². The highest BCUT2D eigenvalue weighted by atomic mass is 19.4. The maximum atomic E-state index is 12.5. The van der Waals surface area contributed by atoms with Crippen molar-refractivity contribution in [3.8, 4) is 0 Å². The fourth-order valence-corrected chi connectivity index (χ4v) is 2.71. The third-order valence-electron chi connectivity index (χ3n) is 3.70. The molecule has 0 radical (unpaired) electrons. The summed E-state index contributed by atoms with van der Waals surface area (Å²) in [7, 11) is 0. The molecule has 134 valence electrons. The monoisotopic (exact) mass is 348 g/mol. The standard InChI is InChI=1S/C14H19F3N4O3/c1-8(18-9(2)22)13(23)21-6-4-3-5-10(21)12-20-19-11(24-12)7-14(15,16)17/h8,10H,3-7H2,1-2H3,(H,18,22)/t8-,10-/m1/s1. The molecule has 1 aliphatic rings. The molecule has 0 saturated carbocycles. The first-order valence-corrected chi connectivity index (χ1v) is 7.64. The topological polar surface area (TPSA) is 88.3 Å². The lowest BCUT2D eigenvalue weighted by Crippen LogP contribution is -2.49. The Bertz CT molecular complexity index is 602. The number of halogens is 3. The summed E-state index contributed by atoms with van der Waals surface area (Å²) in [5.74, 6) is -1.19. The highest BCUT2D eigenvalue weighted by Gasteiger charge is 2.36. The van der Waals surface area contributed by atoms with E-state index in [0.717, 1.165) is 12.8 Å². The number of nitrogens with one attached hydrogen (secondary N) is 1. The summed E-state index contributed by atoms with van der Waals surface area (Å²) in [4.78, 5) is 25.1. The highest BCUT2D eigenvalue weighted by molar-refractivity contribution is 5.86. The second kappa shape index (κ2) is 7.18. The molecule has 1 aliphatic heterocycles. The van der Waals surface area contributed by atoms with E-state index in [4.69, 9.17) is 4.42 Å². The summed E-state index contributed by atoms with van der Waals surface area (Å²) >= 11 is 0. The van der Waals surface area contributed by atoms with Gasteiger partial charge in [-0.05, 0) is 26.2 Å². The van der Waals surface area contributed by atoms with Crippen LogP contribution in [0.15, 0.2) is 4.42 Å². The van der Waals surface area contributed by atoms with Crippen LogP contribution < -0.4 is 5.32 Å². The van der Waals surface area contributed by atoms with Crippen LogP contribution in [0.4, 0.5) is 13.2 Å². The van der Waals surface area contributed by atoms with Gasteiger partial charge in [-0.2, -0.15) is 13.2 Å². The molecule has 1 N–H and O–H groups in total. The second-order valence-electron chi connectivity index (χ2n) is 5.79. The van der Waals surface area contributed by atoms with Gasteiger partial charge >= 0.3 is 6.18 Å². The molecule has 2 amide bonds. The molecule has 1 aromatic heterocycles. The predicted molar refractivity (Wildman–Crippen MR) is 75.6 cm³/mol. The number of carbonyl (C=O) groups excluding carboxylic acids is 2. The molecule has 2 heterocycles. The van der Waals surface area contributed by atoms with Crippen molar-refractivity contribution in [2.24, 2.45) is 0 Å². The number of amides is 2. The molecular weight excluding hydrogens is 329 g/mol. The third-order valence-corrected chi connectivity index (χ3v) is 3.70. The first-order chi connectivity index (χ1) is 11.2. The van der Waals surface area contributed by atoms with Gasteiger partial charge in [0.1, 0.15) is 18.5 Å². The van der Waals surface area contributed by atoms with Crippen LogP contribution in [0, 0.1) is 0 Å². The predicted octanol–water partition coefficient (Wildman–Crippen LogP) is 1.75.